The molecule has 0 aliphatic rings. The fourth-order valence-corrected chi connectivity index (χ4v) is 0.941. The molecule has 5 nitrogen and oxygen atoms in total. The molecule has 1 unspecified atom stereocenters. The third kappa shape index (κ3) is 4.14. The topological polar surface area (TPSA) is 89.6 Å². The van der Waals surface area contributed by atoms with Crippen LogP contribution in [0.3, 0.4) is 0 Å². The third-order valence-electron chi connectivity index (χ3n) is 0.861. The number of rotatable bonds is 4. The number of hydrogen-bond donors (Lipinski definition) is 2. The van der Waals surface area contributed by atoms with E-state index >= 15 is 0 Å². The summed E-state index contributed by atoms with van der Waals surface area (Å²) in [5.74, 6) is 0.0924. The SMILES string of the molecule is CC(C)COP(=O)(O)C(N)=O. The molecule has 66 valence electrons. The van der Waals surface area contributed by atoms with E-state index in [9.17, 15) is 9.36 Å². The summed E-state index contributed by atoms with van der Waals surface area (Å²) in [6.07, 6.45) is 0. The highest BCUT2D eigenvalue weighted by Gasteiger charge is 2.27. The molecular formula is C5H12NO4P. The van der Waals surface area contributed by atoms with Crippen LogP contribution in [-0.2, 0) is 9.09 Å². The summed E-state index contributed by atoms with van der Waals surface area (Å²) in [6, 6.07) is 0. The predicted octanol–water partition coefficient (Wildman–Crippen LogP) is 0.923. The van der Waals surface area contributed by atoms with Gasteiger partial charge in [-0.15, -0.1) is 0 Å². The normalized spacial score (nSPS) is 16.4. The highest BCUT2D eigenvalue weighted by molar-refractivity contribution is 7.70. The van der Waals surface area contributed by atoms with Crippen molar-refractivity contribution in [1.82, 2.24) is 0 Å². The molecule has 1 atom stereocenters. The Balaban J connectivity index is 3.94. The van der Waals surface area contributed by atoms with Crippen molar-refractivity contribution in [3.63, 3.8) is 0 Å². The number of hydrogen-bond acceptors (Lipinski definition) is 3. The van der Waals surface area contributed by atoms with Crippen molar-refractivity contribution in [2.75, 3.05) is 6.61 Å². The first-order valence-corrected chi connectivity index (χ1v) is 4.71. The molecule has 0 aromatic heterocycles. The third-order valence-corrected chi connectivity index (χ3v) is 1.92. The quantitative estimate of drug-likeness (QED) is 0.631. The molecule has 0 aliphatic heterocycles. The van der Waals surface area contributed by atoms with E-state index in [4.69, 9.17) is 4.89 Å². The van der Waals surface area contributed by atoms with E-state index in [1.165, 1.54) is 0 Å². The van der Waals surface area contributed by atoms with Crippen LogP contribution in [0, 0.1) is 5.92 Å². The Hall–Kier alpha value is -0.380. The minimum Gasteiger partial charge on any atom is -0.359 e. The summed E-state index contributed by atoms with van der Waals surface area (Å²) in [7, 11) is -4.18. The van der Waals surface area contributed by atoms with Crippen LogP contribution in [-0.4, -0.2) is 17.1 Å². The van der Waals surface area contributed by atoms with Crippen molar-refractivity contribution >= 4 is 13.2 Å². The van der Waals surface area contributed by atoms with Gasteiger partial charge in [0.15, 0.2) is 0 Å². The van der Waals surface area contributed by atoms with Gasteiger partial charge in [0.1, 0.15) is 0 Å². The van der Waals surface area contributed by atoms with E-state index in [2.05, 4.69) is 10.3 Å². The van der Waals surface area contributed by atoms with Gasteiger partial charge in [0, 0.05) is 0 Å². The maximum Gasteiger partial charge on any atom is 0.415 e. The van der Waals surface area contributed by atoms with Gasteiger partial charge < -0.3 is 15.2 Å². The van der Waals surface area contributed by atoms with Gasteiger partial charge in [-0.05, 0) is 5.92 Å². The lowest BCUT2D eigenvalue weighted by atomic mass is 10.2. The van der Waals surface area contributed by atoms with Crippen molar-refractivity contribution in [3.05, 3.63) is 0 Å². The van der Waals surface area contributed by atoms with Crippen LogP contribution < -0.4 is 5.73 Å². The van der Waals surface area contributed by atoms with Gasteiger partial charge in [-0.2, -0.15) is 0 Å². The maximum absolute atomic E-state index is 10.7. The first-order valence-electron chi connectivity index (χ1n) is 3.13. The zero-order chi connectivity index (χ0) is 9.07. The van der Waals surface area contributed by atoms with Gasteiger partial charge >= 0.3 is 13.2 Å². The van der Waals surface area contributed by atoms with E-state index in [1.54, 1.807) is 13.8 Å². The molecule has 0 heterocycles. The van der Waals surface area contributed by atoms with Crippen LogP contribution >= 0.6 is 7.60 Å². The summed E-state index contributed by atoms with van der Waals surface area (Å²) in [4.78, 5) is 18.9. The standard InChI is InChI=1S/C5H12NO4P/c1-4(2)3-10-11(8,9)5(6)7/h4H,3H2,1-2H3,(H2,6,7)(H,8,9). The van der Waals surface area contributed by atoms with Gasteiger partial charge in [-0.3, -0.25) is 4.79 Å². The number of carbonyl (C=O) groups is 1. The highest BCUT2D eigenvalue weighted by atomic mass is 31.2. The van der Waals surface area contributed by atoms with Gasteiger partial charge in [0.05, 0.1) is 6.61 Å². The van der Waals surface area contributed by atoms with Gasteiger partial charge in [0.2, 0.25) is 0 Å². The van der Waals surface area contributed by atoms with Crippen molar-refractivity contribution in [3.8, 4) is 0 Å². The van der Waals surface area contributed by atoms with Crippen molar-refractivity contribution in [2.45, 2.75) is 13.8 Å². The van der Waals surface area contributed by atoms with Gasteiger partial charge in [-0.1, -0.05) is 13.8 Å². The molecule has 0 aromatic rings. The van der Waals surface area contributed by atoms with Crippen LogP contribution in [0.15, 0.2) is 0 Å². The molecular weight excluding hydrogens is 169 g/mol. The molecule has 0 aromatic carbocycles. The second-order valence-corrected chi connectivity index (χ2v) is 4.29. The first-order chi connectivity index (χ1) is 4.86. The summed E-state index contributed by atoms with van der Waals surface area (Å²) in [5.41, 5.74) is 3.27. The largest absolute Gasteiger partial charge is 0.415 e. The molecule has 0 spiro atoms. The number of primary amides is 1. The van der Waals surface area contributed by atoms with Crippen molar-refractivity contribution < 1.29 is 18.8 Å². The van der Waals surface area contributed by atoms with Gasteiger partial charge in [-0.25, -0.2) is 4.57 Å². The second-order valence-electron chi connectivity index (χ2n) is 2.55. The minimum absolute atomic E-state index is 0.0523. The Morgan fingerprint density at radius 1 is 1.73 bits per heavy atom. The first kappa shape index (κ1) is 10.6. The van der Waals surface area contributed by atoms with Crippen LogP contribution in [0.1, 0.15) is 13.8 Å². The number of nitrogens with two attached hydrogens (primary N) is 1. The maximum atomic E-state index is 10.7. The Morgan fingerprint density at radius 3 is 2.45 bits per heavy atom. The van der Waals surface area contributed by atoms with Crippen LogP contribution in [0.5, 0.6) is 0 Å². The van der Waals surface area contributed by atoms with E-state index in [-0.39, 0.29) is 12.5 Å². The Bertz CT molecular complexity index is 191. The molecule has 0 saturated heterocycles. The lowest BCUT2D eigenvalue weighted by molar-refractivity contribution is 0.219. The molecule has 1 amide bonds. The summed E-state index contributed by atoms with van der Waals surface area (Å²) >= 11 is 0. The lowest BCUT2D eigenvalue weighted by Crippen LogP contribution is -2.12. The van der Waals surface area contributed by atoms with Crippen LogP contribution in [0.25, 0.3) is 0 Å². The molecule has 3 N–H and O–H groups in total. The molecule has 0 bridgehead atoms. The zero-order valence-corrected chi connectivity index (χ0v) is 7.38. The van der Waals surface area contributed by atoms with Crippen molar-refractivity contribution in [2.24, 2.45) is 11.7 Å². The molecule has 0 aliphatic carbocycles. The average Bonchev–Trinajstić information content (AvgIpc) is 1.84. The smallest absolute Gasteiger partial charge is 0.359 e. The van der Waals surface area contributed by atoms with Crippen molar-refractivity contribution in [1.29, 1.82) is 0 Å². The van der Waals surface area contributed by atoms with E-state index in [0.29, 0.717) is 0 Å². The Morgan fingerprint density at radius 2 is 2.18 bits per heavy atom. The van der Waals surface area contributed by atoms with Gasteiger partial charge in [0.25, 0.3) is 0 Å². The predicted molar refractivity (Wildman–Crippen MR) is 40.2 cm³/mol. The van der Waals surface area contributed by atoms with Crippen LogP contribution in [0.2, 0.25) is 0 Å². The fourth-order valence-electron chi connectivity index (χ4n) is 0.314. The van der Waals surface area contributed by atoms with E-state index in [1.807, 2.05) is 0 Å². The molecule has 6 heteroatoms. The minimum atomic E-state index is -4.18. The molecule has 0 fully saturated rings. The fraction of sp³-hybridized carbons (Fsp3) is 0.800. The highest BCUT2D eigenvalue weighted by Crippen LogP contribution is 2.41. The van der Waals surface area contributed by atoms with Crippen LogP contribution in [0.4, 0.5) is 4.79 Å². The van der Waals surface area contributed by atoms with E-state index in [0.717, 1.165) is 0 Å². The molecule has 0 radical (unpaired) electrons. The summed E-state index contributed by atoms with van der Waals surface area (Å²) in [5, 5.41) is 0. The molecule has 0 saturated carbocycles. The number of amides is 1. The van der Waals surface area contributed by atoms with E-state index < -0.39 is 13.2 Å². The summed E-state index contributed by atoms with van der Waals surface area (Å²) < 4.78 is 15.1. The number of carbonyl (C=O) groups excluding carboxylic acids is 1. The Kier molecular flexibility index (Phi) is 3.72. The second kappa shape index (κ2) is 3.85. The Labute approximate surface area is 65.1 Å². The monoisotopic (exact) mass is 181 g/mol. The zero-order valence-electron chi connectivity index (χ0n) is 6.48. The molecule has 11 heavy (non-hydrogen) atoms. The summed E-state index contributed by atoms with van der Waals surface area (Å²) in [6.45, 7) is 3.64. The lowest BCUT2D eigenvalue weighted by Gasteiger charge is -2.09. The molecule has 0 rings (SSSR count). The average molecular weight is 181 g/mol.